The molecule has 0 unspecified atom stereocenters. The lowest BCUT2D eigenvalue weighted by molar-refractivity contribution is -0.118. The highest BCUT2D eigenvalue weighted by Gasteiger charge is 2.24. The molecule has 130 valence electrons. The van der Waals surface area contributed by atoms with E-state index < -0.39 is 0 Å². The number of hydrogen-bond donors (Lipinski definition) is 1. The first-order chi connectivity index (χ1) is 12.1. The lowest BCUT2D eigenvalue weighted by Crippen LogP contribution is -2.27. The van der Waals surface area contributed by atoms with Gasteiger partial charge in [0, 0.05) is 36.3 Å². The third kappa shape index (κ3) is 3.50. The van der Waals surface area contributed by atoms with Crippen molar-refractivity contribution < 1.29 is 14.3 Å². The molecule has 25 heavy (non-hydrogen) atoms. The van der Waals surface area contributed by atoms with Crippen molar-refractivity contribution in [2.24, 2.45) is 0 Å². The van der Waals surface area contributed by atoms with Gasteiger partial charge in [-0.3, -0.25) is 9.59 Å². The second kappa shape index (κ2) is 7.38. The van der Waals surface area contributed by atoms with E-state index in [9.17, 15) is 9.59 Å². The van der Waals surface area contributed by atoms with E-state index >= 15 is 0 Å². The van der Waals surface area contributed by atoms with Crippen LogP contribution in [0, 0.1) is 0 Å². The summed E-state index contributed by atoms with van der Waals surface area (Å²) in [5, 5.41) is 2.93. The quantitative estimate of drug-likeness (QED) is 0.912. The van der Waals surface area contributed by atoms with Crippen LogP contribution >= 0.6 is 0 Å². The zero-order chi connectivity index (χ0) is 17.8. The van der Waals surface area contributed by atoms with E-state index in [0.717, 1.165) is 29.0 Å². The summed E-state index contributed by atoms with van der Waals surface area (Å²) in [5.74, 6) is 0.742. The third-order valence-electron chi connectivity index (χ3n) is 4.47. The van der Waals surface area contributed by atoms with Crippen LogP contribution in [0.3, 0.4) is 0 Å². The summed E-state index contributed by atoms with van der Waals surface area (Å²) in [6, 6.07) is 13.1. The van der Waals surface area contributed by atoms with Gasteiger partial charge in [-0.25, -0.2) is 0 Å². The number of anilines is 1. The van der Waals surface area contributed by atoms with Gasteiger partial charge in [-0.2, -0.15) is 0 Å². The molecule has 0 aromatic heterocycles. The maximum absolute atomic E-state index is 12.5. The number of nitrogens with zero attached hydrogens (tertiary/aromatic N) is 1. The number of amides is 2. The summed E-state index contributed by atoms with van der Waals surface area (Å²) in [4.78, 5) is 26.2. The first-order valence-corrected chi connectivity index (χ1v) is 8.47. The van der Waals surface area contributed by atoms with Crippen molar-refractivity contribution >= 4 is 17.5 Å². The Morgan fingerprint density at radius 2 is 2.00 bits per heavy atom. The van der Waals surface area contributed by atoms with Gasteiger partial charge in [0.15, 0.2) is 0 Å². The van der Waals surface area contributed by atoms with E-state index in [1.807, 2.05) is 43.3 Å². The van der Waals surface area contributed by atoms with Gasteiger partial charge in [0.05, 0.1) is 7.11 Å². The SMILES string of the molecule is CCC(=O)N1CCc2cc(C(=O)NCc3ccccc3OC)ccc21. The van der Waals surface area contributed by atoms with Crippen molar-refractivity contribution in [3.63, 3.8) is 0 Å². The second-order valence-electron chi connectivity index (χ2n) is 5.99. The number of para-hydroxylation sites is 1. The van der Waals surface area contributed by atoms with E-state index in [2.05, 4.69) is 5.32 Å². The number of rotatable bonds is 5. The Balaban J connectivity index is 1.71. The monoisotopic (exact) mass is 338 g/mol. The Labute approximate surface area is 147 Å². The van der Waals surface area contributed by atoms with Gasteiger partial charge < -0.3 is 15.0 Å². The number of nitrogens with one attached hydrogen (secondary N) is 1. The Morgan fingerprint density at radius 3 is 2.76 bits per heavy atom. The van der Waals surface area contributed by atoms with Crippen molar-refractivity contribution in [2.75, 3.05) is 18.6 Å². The van der Waals surface area contributed by atoms with Crippen molar-refractivity contribution in [3.05, 3.63) is 59.2 Å². The standard InChI is InChI=1S/C20H22N2O3/c1-3-19(23)22-11-10-14-12-15(8-9-17(14)22)20(24)21-13-16-6-4-5-7-18(16)25-2/h4-9,12H,3,10-11,13H2,1-2H3,(H,21,24). The largest absolute Gasteiger partial charge is 0.496 e. The molecule has 2 aromatic carbocycles. The number of fused-ring (bicyclic) bond motifs is 1. The summed E-state index contributed by atoms with van der Waals surface area (Å²) in [6.45, 7) is 2.95. The lowest BCUT2D eigenvalue weighted by Gasteiger charge is -2.16. The molecule has 5 heteroatoms. The summed E-state index contributed by atoms with van der Waals surface area (Å²) >= 11 is 0. The lowest BCUT2D eigenvalue weighted by atomic mass is 10.1. The Bertz CT molecular complexity index is 801. The minimum Gasteiger partial charge on any atom is -0.496 e. The molecule has 1 aliphatic rings. The molecule has 1 heterocycles. The molecular weight excluding hydrogens is 316 g/mol. The molecule has 1 aliphatic heterocycles. The van der Waals surface area contributed by atoms with Crippen LogP contribution in [-0.2, 0) is 17.8 Å². The minimum absolute atomic E-state index is 0.118. The van der Waals surface area contributed by atoms with Crippen LogP contribution in [0.1, 0.15) is 34.8 Å². The average molecular weight is 338 g/mol. The highest BCUT2D eigenvalue weighted by molar-refractivity contribution is 5.98. The Hall–Kier alpha value is -2.82. The van der Waals surface area contributed by atoms with E-state index in [0.29, 0.717) is 25.1 Å². The van der Waals surface area contributed by atoms with Crippen molar-refractivity contribution in [2.45, 2.75) is 26.3 Å². The topological polar surface area (TPSA) is 58.6 Å². The molecular formula is C20H22N2O3. The van der Waals surface area contributed by atoms with Crippen LogP contribution in [0.15, 0.2) is 42.5 Å². The Kier molecular flexibility index (Phi) is 5.03. The van der Waals surface area contributed by atoms with Crippen LogP contribution in [0.5, 0.6) is 5.75 Å². The fraction of sp³-hybridized carbons (Fsp3) is 0.300. The summed E-state index contributed by atoms with van der Waals surface area (Å²) in [7, 11) is 1.62. The summed E-state index contributed by atoms with van der Waals surface area (Å²) in [6.07, 6.45) is 1.27. The fourth-order valence-corrected chi connectivity index (χ4v) is 3.12. The molecule has 3 rings (SSSR count). The highest BCUT2D eigenvalue weighted by atomic mass is 16.5. The van der Waals surface area contributed by atoms with Crippen LogP contribution in [0.4, 0.5) is 5.69 Å². The molecule has 5 nitrogen and oxygen atoms in total. The van der Waals surface area contributed by atoms with E-state index in [-0.39, 0.29) is 11.8 Å². The number of benzene rings is 2. The molecule has 0 spiro atoms. The highest BCUT2D eigenvalue weighted by Crippen LogP contribution is 2.29. The van der Waals surface area contributed by atoms with Crippen molar-refractivity contribution in [1.29, 1.82) is 0 Å². The van der Waals surface area contributed by atoms with Crippen LogP contribution in [-0.4, -0.2) is 25.5 Å². The van der Waals surface area contributed by atoms with E-state index in [1.165, 1.54) is 0 Å². The maximum Gasteiger partial charge on any atom is 0.251 e. The van der Waals surface area contributed by atoms with Crippen LogP contribution in [0.2, 0.25) is 0 Å². The molecule has 0 fully saturated rings. The van der Waals surface area contributed by atoms with Crippen molar-refractivity contribution in [1.82, 2.24) is 5.32 Å². The molecule has 0 saturated heterocycles. The number of carbonyl (C=O) groups excluding carboxylic acids is 2. The molecule has 2 amide bonds. The number of ether oxygens (including phenoxy) is 1. The first-order valence-electron chi connectivity index (χ1n) is 8.47. The zero-order valence-corrected chi connectivity index (χ0v) is 14.5. The second-order valence-corrected chi connectivity index (χ2v) is 5.99. The molecule has 0 atom stereocenters. The normalized spacial score (nSPS) is 12.6. The number of carbonyl (C=O) groups is 2. The fourth-order valence-electron chi connectivity index (χ4n) is 3.12. The van der Waals surface area contributed by atoms with E-state index in [4.69, 9.17) is 4.74 Å². The van der Waals surface area contributed by atoms with Gasteiger partial charge in [0.1, 0.15) is 5.75 Å². The van der Waals surface area contributed by atoms with Gasteiger partial charge in [0.2, 0.25) is 5.91 Å². The van der Waals surface area contributed by atoms with E-state index in [1.54, 1.807) is 18.1 Å². The van der Waals surface area contributed by atoms with Crippen LogP contribution in [0.25, 0.3) is 0 Å². The number of methoxy groups -OCH3 is 1. The predicted molar refractivity (Wildman–Crippen MR) is 97.0 cm³/mol. The average Bonchev–Trinajstić information content (AvgIpc) is 3.08. The molecule has 2 aromatic rings. The molecule has 0 bridgehead atoms. The van der Waals surface area contributed by atoms with Crippen LogP contribution < -0.4 is 15.0 Å². The predicted octanol–water partition coefficient (Wildman–Crippen LogP) is 2.92. The maximum atomic E-state index is 12.5. The summed E-state index contributed by atoms with van der Waals surface area (Å²) < 4.78 is 5.30. The van der Waals surface area contributed by atoms with Gasteiger partial charge >= 0.3 is 0 Å². The van der Waals surface area contributed by atoms with Gasteiger partial charge in [-0.1, -0.05) is 25.1 Å². The number of hydrogen-bond acceptors (Lipinski definition) is 3. The molecule has 0 saturated carbocycles. The van der Waals surface area contributed by atoms with Gasteiger partial charge in [-0.15, -0.1) is 0 Å². The zero-order valence-electron chi connectivity index (χ0n) is 14.5. The summed E-state index contributed by atoms with van der Waals surface area (Å²) in [5.41, 5.74) is 3.51. The third-order valence-corrected chi connectivity index (χ3v) is 4.47. The molecule has 0 aliphatic carbocycles. The molecule has 1 N–H and O–H groups in total. The van der Waals surface area contributed by atoms with Crippen molar-refractivity contribution in [3.8, 4) is 5.75 Å². The molecule has 0 radical (unpaired) electrons. The Morgan fingerprint density at radius 1 is 1.20 bits per heavy atom. The van der Waals surface area contributed by atoms with Gasteiger partial charge in [0.25, 0.3) is 5.91 Å². The smallest absolute Gasteiger partial charge is 0.251 e. The minimum atomic E-state index is -0.131. The first kappa shape index (κ1) is 17.0. The van der Waals surface area contributed by atoms with Gasteiger partial charge in [-0.05, 0) is 36.2 Å².